The molecule has 1 aliphatic carbocycles. The summed E-state index contributed by atoms with van der Waals surface area (Å²) in [5, 5.41) is 6.55. The molecule has 2 atom stereocenters. The molecule has 4 heteroatoms. The van der Waals surface area contributed by atoms with Crippen LogP contribution in [0.25, 0.3) is 0 Å². The van der Waals surface area contributed by atoms with Crippen molar-refractivity contribution >= 4 is 5.91 Å². The normalized spacial score (nSPS) is 30.1. The first-order chi connectivity index (χ1) is 8.48. The molecule has 1 heterocycles. The van der Waals surface area contributed by atoms with Crippen molar-refractivity contribution in [2.75, 3.05) is 26.2 Å². The molecule has 0 aromatic carbocycles. The number of hydrogen-bond acceptors (Lipinski definition) is 3. The summed E-state index contributed by atoms with van der Waals surface area (Å²) >= 11 is 0. The molecular formula is C14H27N3O. The summed E-state index contributed by atoms with van der Waals surface area (Å²) in [4.78, 5) is 14.5. The number of nitrogens with zero attached hydrogens (tertiary/aromatic N) is 1. The van der Waals surface area contributed by atoms with Gasteiger partial charge in [0.1, 0.15) is 0 Å². The molecular weight excluding hydrogens is 226 g/mol. The summed E-state index contributed by atoms with van der Waals surface area (Å²) in [5.41, 5.74) is 0.399. The Balaban J connectivity index is 1.80. The Morgan fingerprint density at radius 1 is 1.39 bits per heavy atom. The van der Waals surface area contributed by atoms with E-state index < -0.39 is 0 Å². The Labute approximate surface area is 110 Å². The molecule has 0 spiro atoms. The van der Waals surface area contributed by atoms with Crippen molar-refractivity contribution in [2.24, 2.45) is 5.41 Å². The van der Waals surface area contributed by atoms with Gasteiger partial charge in [-0.1, -0.05) is 13.8 Å². The van der Waals surface area contributed by atoms with Gasteiger partial charge in [-0.05, 0) is 31.6 Å². The van der Waals surface area contributed by atoms with Gasteiger partial charge in [-0.2, -0.15) is 0 Å². The standard InChI is InChI=1S/C14H27N3O/c1-11(17-8-6-15-7-9-17)13(18)16-12-4-5-14(2,3)10-12/h11-12,15H,4-10H2,1-3H3,(H,16,18). The molecule has 104 valence electrons. The minimum atomic E-state index is 0.0100. The van der Waals surface area contributed by atoms with Crippen LogP contribution in [0, 0.1) is 5.41 Å². The van der Waals surface area contributed by atoms with E-state index in [1.54, 1.807) is 0 Å². The number of carbonyl (C=O) groups excluding carboxylic acids is 1. The smallest absolute Gasteiger partial charge is 0.237 e. The van der Waals surface area contributed by atoms with Crippen molar-refractivity contribution in [1.82, 2.24) is 15.5 Å². The molecule has 0 bridgehead atoms. The molecule has 2 N–H and O–H groups in total. The molecule has 2 rings (SSSR count). The van der Waals surface area contributed by atoms with Crippen LogP contribution < -0.4 is 10.6 Å². The molecule has 4 nitrogen and oxygen atoms in total. The topological polar surface area (TPSA) is 44.4 Å². The van der Waals surface area contributed by atoms with Crippen molar-refractivity contribution in [3.63, 3.8) is 0 Å². The summed E-state index contributed by atoms with van der Waals surface area (Å²) in [7, 11) is 0. The SMILES string of the molecule is CC(C(=O)NC1CCC(C)(C)C1)N1CCNCC1. The zero-order chi connectivity index (χ0) is 13.2. The van der Waals surface area contributed by atoms with Crippen LogP contribution >= 0.6 is 0 Å². The maximum absolute atomic E-state index is 12.2. The third-order valence-electron chi connectivity index (χ3n) is 4.39. The number of amides is 1. The molecule has 2 aliphatic rings. The zero-order valence-electron chi connectivity index (χ0n) is 12.0. The predicted molar refractivity (Wildman–Crippen MR) is 73.5 cm³/mol. The van der Waals surface area contributed by atoms with Crippen LogP contribution in [-0.2, 0) is 4.79 Å². The summed E-state index contributed by atoms with van der Waals surface area (Å²) < 4.78 is 0. The van der Waals surface area contributed by atoms with Crippen molar-refractivity contribution in [3.05, 3.63) is 0 Å². The van der Waals surface area contributed by atoms with Gasteiger partial charge in [0.2, 0.25) is 5.91 Å². The Hall–Kier alpha value is -0.610. The summed E-state index contributed by atoms with van der Waals surface area (Å²) in [6.07, 6.45) is 3.47. The quantitative estimate of drug-likeness (QED) is 0.788. The highest BCUT2D eigenvalue weighted by molar-refractivity contribution is 5.81. The fraction of sp³-hybridized carbons (Fsp3) is 0.929. The molecule has 1 aliphatic heterocycles. The first-order valence-corrected chi connectivity index (χ1v) is 7.23. The number of piperazine rings is 1. The van der Waals surface area contributed by atoms with Gasteiger partial charge in [0.25, 0.3) is 0 Å². The Bertz CT molecular complexity index is 297. The third-order valence-corrected chi connectivity index (χ3v) is 4.39. The van der Waals surface area contributed by atoms with Crippen LogP contribution in [0.5, 0.6) is 0 Å². The van der Waals surface area contributed by atoms with Gasteiger partial charge in [0.05, 0.1) is 6.04 Å². The van der Waals surface area contributed by atoms with Crippen LogP contribution in [0.15, 0.2) is 0 Å². The van der Waals surface area contributed by atoms with Crippen molar-refractivity contribution < 1.29 is 4.79 Å². The van der Waals surface area contributed by atoms with E-state index in [1.807, 2.05) is 6.92 Å². The van der Waals surface area contributed by atoms with Crippen molar-refractivity contribution in [1.29, 1.82) is 0 Å². The molecule has 1 saturated carbocycles. The van der Waals surface area contributed by atoms with E-state index in [1.165, 1.54) is 6.42 Å². The number of nitrogens with one attached hydrogen (secondary N) is 2. The monoisotopic (exact) mass is 253 g/mol. The second kappa shape index (κ2) is 5.57. The van der Waals surface area contributed by atoms with Crippen molar-refractivity contribution in [3.8, 4) is 0 Å². The minimum absolute atomic E-state index is 0.0100. The highest BCUT2D eigenvalue weighted by Gasteiger charge is 2.33. The largest absolute Gasteiger partial charge is 0.352 e. The van der Waals surface area contributed by atoms with Crippen LogP contribution in [0.4, 0.5) is 0 Å². The van der Waals surface area contributed by atoms with E-state index in [2.05, 4.69) is 29.4 Å². The van der Waals surface area contributed by atoms with Gasteiger partial charge >= 0.3 is 0 Å². The fourth-order valence-corrected chi connectivity index (χ4v) is 3.12. The second-order valence-corrected chi connectivity index (χ2v) is 6.57. The van der Waals surface area contributed by atoms with Gasteiger partial charge < -0.3 is 10.6 Å². The molecule has 1 saturated heterocycles. The van der Waals surface area contributed by atoms with Crippen molar-refractivity contribution in [2.45, 2.75) is 52.1 Å². The van der Waals surface area contributed by atoms with E-state index in [0.29, 0.717) is 11.5 Å². The van der Waals surface area contributed by atoms with Gasteiger partial charge in [0, 0.05) is 32.2 Å². The maximum atomic E-state index is 12.2. The predicted octanol–water partition coefficient (Wildman–Crippen LogP) is 0.975. The van der Waals surface area contributed by atoms with Gasteiger partial charge in [-0.3, -0.25) is 9.69 Å². The number of hydrogen-bond donors (Lipinski definition) is 2. The second-order valence-electron chi connectivity index (χ2n) is 6.57. The lowest BCUT2D eigenvalue weighted by molar-refractivity contribution is -0.126. The molecule has 2 fully saturated rings. The lowest BCUT2D eigenvalue weighted by Crippen LogP contribution is -2.53. The highest BCUT2D eigenvalue weighted by Crippen LogP contribution is 2.36. The molecule has 2 unspecified atom stereocenters. The Morgan fingerprint density at radius 2 is 2.06 bits per heavy atom. The van der Waals surface area contributed by atoms with Crippen LogP contribution in [0.1, 0.15) is 40.0 Å². The first kappa shape index (κ1) is 13.8. The molecule has 0 aromatic heterocycles. The van der Waals surface area contributed by atoms with E-state index in [9.17, 15) is 4.79 Å². The number of rotatable bonds is 3. The highest BCUT2D eigenvalue weighted by atomic mass is 16.2. The average molecular weight is 253 g/mol. The summed E-state index contributed by atoms with van der Waals surface area (Å²) in [5.74, 6) is 0.208. The molecule has 0 aromatic rings. The van der Waals surface area contributed by atoms with Gasteiger partial charge in [0.15, 0.2) is 0 Å². The Morgan fingerprint density at radius 3 is 2.61 bits per heavy atom. The zero-order valence-corrected chi connectivity index (χ0v) is 12.0. The van der Waals surface area contributed by atoms with E-state index in [0.717, 1.165) is 39.0 Å². The van der Waals surface area contributed by atoms with E-state index in [-0.39, 0.29) is 11.9 Å². The van der Waals surface area contributed by atoms with E-state index in [4.69, 9.17) is 0 Å². The summed E-state index contributed by atoms with van der Waals surface area (Å²) in [6, 6.07) is 0.397. The lowest BCUT2D eigenvalue weighted by atomic mass is 9.92. The maximum Gasteiger partial charge on any atom is 0.237 e. The molecule has 1 amide bonds. The Kier molecular flexibility index (Phi) is 4.28. The van der Waals surface area contributed by atoms with Gasteiger partial charge in [-0.25, -0.2) is 0 Å². The van der Waals surface area contributed by atoms with Crippen LogP contribution in [0.3, 0.4) is 0 Å². The third kappa shape index (κ3) is 3.45. The molecule has 18 heavy (non-hydrogen) atoms. The minimum Gasteiger partial charge on any atom is -0.352 e. The van der Waals surface area contributed by atoms with Crippen LogP contribution in [-0.4, -0.2) is 49.1 Å². The molecule has 0 radical (unpaired) electrons. The summed E-state index contributed by atoms with van der Waals surface area (Å²) in [6.45, 7) is 10.6. The average Bonchev–Trinajstić information content (AvgIpc) is 2.68. The van der Waals surface area contributed by atoms with Crippen LogP contribution in [0.2, 0.25) is 0 Å². The van der Waals surface area contributed by atoms with Gasteiger partial charge in [-0.15, -0.1) is 0 Å². The first-order valence-electron chi connectivity index (χ1n) is 7.23. The number of carbonyl (C=O) groups is 1. The van der Waals surface area contributed by atoms with E-state index >= 15 is 0 Å². The lowest BCUT2D eigenvalue weighted by Gasteiger charge is -2.32. The fourth-order valence-electron chi connectivity index (χ4n) is 3.12.